The van der Waals surface area contributed by atoms with Crippen LogP contribution >= 0.6 is 22.9 Å². The smallest absolute Gasteiger partial charge is 0.333 e. The van der Waals surface area contributed by atoms with Crippen molar-refractivity contribution in [2.75, 3.05) is 12.4 Å². The Kier molecular flexibility index (Phi) is 5.04. The Labute approximate surface area is 127 Å². The molecule has 0 aliphatic rings. The van der Waals surface area contributed by atoms with Gasteiger partial charge in [0.05, 0.1) is 7.11 Å². The minimum Gasteiger partial charge on any atom is -0.467 e. The maximum atomic E-state index is 12.0. The van der Waals surface area contributed by atoms with E-state index >= 15 is 0 Å². The summed E-state index contributed by atoms with van der Waals surface area (Å²) in [6, 6.07) is 10.8. The molecule has 0 spiro atoms. The fourth-order valence-electron chi connectivity index (χ4n) is 1.85. The maximum absolute atomic E-state index is 12.0. The van der Waals surface area contributed by atoms with Crippen molar-refractivity contribution >= 4 is 34.6 Å². The summed E-state index contributed by atoms with van der Waals surface area (Å²) in [7, 11) is 1.39. The van der Waals surface area contributed by atoms with Crippen LogP contribution in [0.1, 0.15) is 22.7 Å². The lowest BCUT2D eigenvalue weighted by Crippen LogP contribution is -2.21. The fourth-order valence-corrected chi connectivity index (χ4v) is 3.03. The van der Waals surface area contributed by atoms with E-state index in [0.29, 0.717) is 5.02 Å². The minimum atomic E-state index is -0.510. The van der Waals surface area contributed by atoms with Gasteiger partial charge in [0.2, 0.25) is 0 Å². The zero-order valence-electron chi connectivity index (χ0n) is 11.4. The summed E-state index contributed by atoms with van der Waals surface area (Å²) < 4.78 is 4.88. The molecule has 1 atom stereocenters. The molecule has 2 rings (SSSR count). The van der Waals surface area contributed by atoms with E-state index < -0.39 is 6.04 Å². The van der Waals surface area contributed by atoms with Crippen LogP contribution < -0.4 is 5.32 Å². The number of esters is 1. The van der Waals surface area contributed by atoms with Crippen LogP contribution in [0.3, 0.4) is 0 Å². The summed E-state index contributed by atoms with van der Waals surface area (Å²) in [5.74, 6) is -0.311. The average Bonchev–Trinajstić information content (AvgIpc) is 2.92. The van der Waals surface area contributed by atoms with Gasteiger partial charge >= 0.3 is 5.97 Å². The number of benzene rings is 1. The molecule has 0 bridgehead atoms. The molecule has 0 aliphatic heterocycles. The molecule has 0 saturated carbocycles. The van der Waals surface area contributed by atoms with E-state index in [4.69, 9.17) is 16.3 Å². The second kappa shape index (κ2) is 6.77. The SMILES string of the molecule is CCc1ccc(C(Nc2cccc(Cl)c2)C(=O)OC)s1. The Balaban J connectivity index is 2.26. The summed E-state index contributed by atoms with van der Waals surface area (Å²) in [5.41, 5.74) is 0.791. The zero-order valence-corrected chi connectivity index (χ0v) is 12.9. The Morgan fingerprint density at radius 1 is 1.40 bits per heavy atom. The molecular weight excluding hydrogens is 294 g/mol. The summed E-state index contributed by atoms with van der Waals surface area (Å²) in [6.45, 7) is 2.09. The molecule has 0 radical (unpaired) electrons. The van der Waals surface area contributed by atoms with Crippen LogP contribution in [0.2, 0.25) is 5.02 Å². The highest BCUT2D eigenvalue weighted by Crippen LogP contribution is 2.28. The zero-order chi connectivity index (χ0) is 14.5. The Hall–Kier alpha value is -1.52. The molecule has 1 aromatic carbocycles. The number of ether oxygens (including phenoxy) is 1. The van der Waals surface area contributed by atoms with Gasteiger partial charge in [-0.25, -0.2) is 4.79 Å². The molecule has 1 unspecified atom stereocenters. The van der Waals surface area contributed by atoms with Crippen molar-refractivity contribution in [2.24, 2.45) is 0 Å². The van der Waals surface area contributed by atoms with Gasteiger partial charge < -0.3 is 10.1 Å². The number of anilines is 1. The number of hydrogen-bond donors (Lipinski definition) is 1. The Morgan fingerprint density at radius 2 is 2.20 bits per heavy atom. The fraction of sp³-hybridized carbons (Fsp3) is 0.267. The van der Waals surface area contributed by atoms with Gasteiger partial charge in [0.1, 0.15) is 0 Å². The lowest BCUT2D eigenvalue weighted by atomic mass is 10.2. The predicted octanol–water partition coefficient (Wildman–Crippen LogP) is 4.29. The third-order valence-corrected chi connectivity index (χ3v) is 4.42. The Morgan fingerprint density at radius 3 is 2.80 bits per heavy atom. The first kappa shape index (κ1) is 14.9. The van der Waals surface area contributed by atoms with Crippen molar-refractivity contribution in [2.45, 2.75) is 19.4 Å². The van der Waals surface area contributed by atoms with E-state index in [1.54, 1.807) is 23.5 Å². The van der Waals surface area contributed by atoms with Crippen LogP contribution in [-0.4, -0.2) is 13.1 Å². The highest BCUT2D eigenvalue weighted by atomic mass is 35.5. The lowest BCUT2D eigenvalue weighted by Gasteiger charge is -2.16. The van der Waals surface area contributed by atoms with E-state index in [2.05, 4.69) is 12.2 Å². The number of hydrogen-bond acceptors (Lipinski definition) is 4. The van der Waals surface area contributed by atoms with Gasteiger partial charge in [-0.05, 0) is 36.8 Å². The van der Waals surface area contributed by atoms with Gasteiger partial charge in [0.15, 0.2) is 6.04 Å². The van der Waals surface area contributed by atoms with Gasteiger partial charge in [-0.2, -0.15) is 0 Å². The molecule has 5 heteroatoms. The van der Waals surface area contributed by atoms with Crippen LogP contribution in [0.5, 0.6) is 0 Å². The first-order chi connectivity index (χ1) is 9.63. The molecule has 20 heavy (non-hydrogen) atoms. The third-order valence-electron chi connectivity index (χ3n) is 2.89. The number of methoxy groups -OCH3 is 1. The molecule has 106 valence electrons. The molecule has 0 saturated heterocycles. The number of aryl methyl sites for hydroxylation is 1. The number of rotatable bonds is 5. The molecule has 3 nitrogen and oxygen atoms in total. The topological polar surface area (TPSA) is 38.3 Å². The first-order valence-electron chi connectivity index (χ1n) is 6.32. The number of carbonyl (C=O) groups excluding carboxylic acids is 1. The predicted molar refractivity (Wildman–Crippen MR) is 83.5 cm³/mol. The Bertz CT molecular complexity index is 597. The maximum Gasteiger partial charge on any atom is 0.333 e. The van der Waals surface area contributed by atoms with E-state index in [-0.39, 0.29) is 5.97 Å². The summed E-state index contributed by atoms with van der Waals surface area (Å²) in [6.07, 6.45) is 0.954. The van der Waals surface area contributed by atoms with Gasteiger partial charge in [0, 0.05) is 20.5 Å². The normalized spacial score (nSPS) is 11.9. The average molecular weight is 310 g/mol. The highest BCUT2D eigenvalue weighted by Gasteiger charge is 2.23. The van der Waals surface area contributed by atoms with Crippen molar-refractivity contribution in [3.05, 3.63) is 51.2 Å². The van der Waals surface area contributed by atoms with Crippen molar-refractivity contribution in [3.63, 3.8) is 0 Å². The van der Waals surface area contributed by atoms with Crippen LogP contribution in [-0.2, 0) is 16.0 Å². The van der Waals surface area contributed by atoms with Crippen molar-refractivity contribution < 1.29 is 9.53 Å². The number of nitrogens with one attached hydrogen (secondary N) is 1. The largest absolute Gasteiger partial charge is 0.467 e. The standard InChI is InChI=1S/C15H16ClNO2S/c1-3-12-7-8-13(20-12)14(15(18)19-2)17-11-6-4-5-10(16)9-11/h4-9,14,17H,3H2,1-2H3. The minimum absolute atomic E-state index is 0.311. The van der Waals surface area contributed by atoms with Crippen LogP contribution in [0.15, 0.2) is 36.4 Å². The molecular formula is C15H16ClNO2S. The van der Waals surface area contributed by atoms with Crippen LogP contribution in [0.25, 0.3) is 0 Å². The number of thiophene rings is 1. The summed E-state index contributed by atoms with van der Waals surface area (Å²) in [5, 5.41) is 3.80. The second-order valence-electron chi connectivity index (χ2n) is 4.27. The highest BCUT2D eigenvalue weighted by molar-refractivity contribution is 7.12. The van der Waals surface area contributed by atoms with Gasteiger partial charge in [-0.15, -0.1) is 11.3 Å². The molecule has 1 aromatic heterocycles. The number of halogens is 1. The molecule has 1 N–H and O–H groups in total. The van der Waals surface area contributed by atoms with Crippen molar-refractivity contribution in [1.82, 2.24) is 0 Å². The molecule has 1 heterocycles. The van der Waals surface area contributed by atoms with Gasteiger partial charge in [0.25, 0.3) is 0 Å². The van der Waals surface area contributed by atoms with Crippen molar-refractivity contribution in [3.8, 4) is 0 Å². The molecule has 0 amide bonds. The lowest BCUT2D eigenvalue weighted by molar-refractivity contribution is -0.141. The van der Waals surface area contributed by atoms with E-state index in [1.165, 1.54) is 12.0 Å². The quantitative estimate of drug-likeness (QED) is 0.837. The summed E-state index contributed by atoms with van der Waals surface area (Å²) in [4.78, 5) is 14.2. The van der Waals surface area contributed by atoms with E-state index in [9.17, 15) is 4.79 Å². The molecule has 2 aromatic rings. The third kappa shape index (κ3) is 3.52. The summed E-state index contributed by atoms with van der Waals surface area (Å²) >= 11 is 7.57. The van der Waals surface area contributed by atoms with Crippen LogP contribution in [0.4, 0.5) is 5.69 Å². The van der Waals surface area contributed by atoms with Gasteiger partial charge in [-0.1, -0.05) is 24.6 Å². The molecule has 0 aliphatic carbocycles. The van der Waals surface area contributed by atoms with Crippen molar-refractivity contribution in [1.29, 1.82) is 0 Å². The monoisotopic (exact) mass is 309 g/mol. The molecule has 0 fully saturated rings. The van der Waals surface area contributed by atoms with E-state index in [0.717, 1.165) is 17.0 Å². The second-order valence-corrected chi connectivity index (χ2v) is 5.90. The number of carbonyl (C=O) groups is 1. The van der Waals surface area contributed by atoms with Crippen LogP contribution in [0, 0.1) is 0 Å². The van der Waals surface area contributed by atoms with E-state index in [1.807, 2.05) is 24.3 Å². The van der Waals surface area contributed by atoms with Gasteiger partial charge in [-0.3, -0.25) is 0 Å². The first-order valence-corrected chi connectivity index (χ1v) is 7.52.